The molecular weight excluding hydrogens is 401 g/mol. The molecule has 0 saturated heterocycles. The van der Waals surface area contributed by atoms with E-state index in [-0.39, 0.29) is 5.91 Å². The molecule has 0 spiro atoms. The first kappa shape index (κ1) is 18.1. The summed E-state index contributed by atoms with van der Waals surface area (Å²) in [6, 6.07) is 10.3. The van der Waals surface area contributed by atoms with E-state index in [2.05, 4.69) is 28.2 Å². The molecule has 0 aromatic heterocycles. The molecule has 6 heteroatoms. The van der Waals surface area contributed by atoms with Crippen molar-refractivity contribution in [2.75, 3.05) is 11.9 Å². The summed E-state index contributed by atoms with van der Waals surface area (Å²) in [4.78, 5) is 12.6. The number of hydrogen-bond acceptors (Lipinski definition) is 2. The van der Waals surface area contributed by atoms with Crippen molar-refractivity contribution in [1.29, 1.82) is 0 Å². The maximum atomic E-state index is 12.6. The summed E-state index contributed by atoms with van der Waals surface area (Å²) in [7, 11) is 0. The van der Waals surface area contributed by atoms with Gasteiger partial charge in [0.05, 0.1) is 22.9 Å². The summed E-state index contributed by atoms with van der Waals surface area (Å²) in [5.74, 6) is 0.256. The second kappa shape index (κ2) is 8.57. The number of amides is 1. The Labute approximate surface area is 154 Å². The molecule has 3 nitrogen and oxygen atoms in total. The first-order chi connectivity index (χ1) is 11.0. The molecule has 0 aliphatic rings. The first-order valence-corrected chi connectivity index (χ1v) is 8.75. The quantitative estimate of drug-likeness (QED) is 0.570. The van der Waals surface area contributed by atoms with Crippen LogP contribution in [0.3, 0.4) is 0 Å². The molecule has 0 fully saturated rings. The molecular formula is C17H16BrCl2NO2. The smallest absolute Gasteiger partial charge is 0.259 e. The van der Waals surface area contributed by atoms with Crippen LogP contribution in [0.1, 0.15) is 30.1 Å². The van der Waals surface area contributed by atoms with E-state index in [9.17, 15) is 4.79 Å². The van der Waals surface area contributed by atoms with Gasteiger partial charge < -0.3 is 10.1 Å². The molecule has 1 N–H and O–H groups in total. The van der Waals surface area contributed by atoms with Crippen LogP contribution in [-0.2, 0) is 0 Å². The van der Waals surface area contributed by atoms with E-state index in [0.29, 0.717) is 33.7 Å². The highest BCUT2D eigenvalue weighted by Gasteiger charge is 2.15. The highest BCUT2D eigenvalue weighted by molar-refractivity contribution is 9.10. The van der Waals surface area contributed by atoms with Crippen LogP contribution in [0.25, 0.3) is 0 Å². The number of carbonyl (C=O) groups excluding carboxylic acids is 1. The number of ether oxygens (including phenoxy) is 1. The fourth-order valence-corrected chi connectivity index (χ4v) is 2.73. The molecule has 0 atom stereocenters. The third kappa shape index (κ3) is 5.13. The van der Waals surface area contributed by atoms with Gasteiger partial charge in [-0.15, -0.1) is 0 Å². The number of anilines is 1. The maximum absolute atomic E-state index is 12.6. The van der Waals surface area contributed by atoms with Crippen LogP contribution in [0, 0.1) is 0 Å². The third-order valence-electron chi connectivity index (χ3n) is 3.12. The van der Waals surface area contributed by atoms with Crippen LogP contribution in [0.4, 0.5) is 5.69 Å². The lowest BCUT2D eigenvalue weighted by Crippen LogP contribution is -2.14. The Bertz CT molecular complexity index is 707. The van der Waals surface area contributed by atoms with Crippen molar-refractivity contribution in [2.45, 2.75) is 19.8 Å². The van der Waals surface area contributed by atoms with Gasteiger partial charge in [0, 0.05) is 9.50 Å². The third-order valence-corrected chi connectivity index (χ3v) is 4.16. The van der Waals surface area contributed by atoms with Crippen molar-refractivity contribution in [3.8, 4) is 5.75 Å². The van der Waals surface area contributed by atoms with Gasteiger partial charge in [-0.25, -0.2) is 0 Å². The van der Waals surface area contributed by atoms with Gasteiger partial charge in [-0.1, -0.05) is 52.5 Å². The van der Waals surface area contributed by atoms with Crippen molar-refractivity contribution < 1.29 is 9.53 Å². The number of benzene rings is 2. The lowest BCUT2D eigenvalue weighted by atomic mass is 10.2. The molecule has 0 saturated carbocycles. The summed E-state index contributed by atoms with van der Waals surface area (Å²) >= 11 is 15.3. The van der Waals surface area contributed by atoms with Gasteiger partial charge in [-0.2, -0.15) is 0 Å². The average Bonchev–Trinajstić information content (AvgIpc) is 2.51. The van der Waals surface area contributed by atoms with Gasteiger partial charge >= 0.3 is 0 Å². The fraction of sp³-hybridized carbons (Fsp3) is 0.235. The molecule has 0 bridgehead atoms. The van der Waals surface area contributed by atoms with Crippen molar-refractivity contribution in [2.24, 2.45) is 0 Å². The van der Waals surface area contributed by atoms with Gasteiger partial charge in [0.25, 0.3) is 5.91 Å². The lowest BCUT2D eigenvalue weighted by molar-refractivity contribution is 0.102. The number of halogens is 3. The van der Waals surface area contributed by atoms with E-state index < -0.39 is 0 Å². The zero-order valence-corrected chi connectivity index (χ0v) is 15.6. The zero-order valence-electron chi connectivity index (χ0n) is 12.5. The van der Waals surface area contributed by atoms with Gasteiger partial charge in [-0.3, -0.25) is 4.79 Å². The van der Waals surface area contributed by atoms with Gasteiger partial charge in [0.15, 0.2) is 0 Å². The lowest BCUT2D eigenvalue weighted by Gasteiger charge is -2.13. The zero-order chi connectivity index (χ0) is 16.8. The maximum Gasteiger partial charge on any atom is 0.259 e. The van der Waals surface area contributed by atoms with Crippen LogP contribution in [0.2, 0.25) is 10.0 Å². The normalized spacial score (nSPS) is 10.4. The van der Waals surface area contributed by atoms with E-state index in [1.807, 2.05) is 6.07 Å². The van der Waals surface area contributed by atoms with Crippen molar-refractivity contribution in [1.82, 2.24) is 0 Å². The Morgan fingerprint density at radius 1 is 1.22 bits per heavy atom. The summed E-state index contributed by atoms with van der Waals surface area (Å²) < 4.78 is 6.50. The summed E-state index contributed by atoms with van der Waals surface area (Å²) in [5, 5.41) is 3.68. The monoisotopic (exact) mass is 415 g/mol. The standard InChI is InChI=1S/C17H16BrCl2NO2/c1-2-3-8-23-16-7-4-11(18)9-13(16)17(22)21-15-6-5-12(19)10-14(15)20/h4-7,9-10H,2-3,8H2,1H3,(H,21,22). The Balaban J connectivity index is 2.21. The average molecular weight is 417 g/mol. The van der Waals surface area contributed by atoms with Crippen LogP contribution in [0.15, 0.2) is 40.9 Å². The topological polar surface area (TPSA) is 38.3 Å². The molecule has 0 heterocycles. The molecule has 2 aromatic rings. The number of unbranched alkanes of at least 4 members (excludes halogenated alkanes) is 1. The minimum absolute atomic E-state index is 0.290. The summed E-state index contributed by atoms with van der Waals surface area (Å²) in [6.07, 6.45) is 1.96. The predicted octanol–water partition coefficient (Wildman–Crippen LogP) is 6.19. The molecule has 0 aliphatic heterocycles. The molecule has 0 radical (unpaired) electrons. The van der Waals surface area contributed by atoms with Crippen molar-refractivity contribution >= 4 is 50.7 Å². The van der Waals surface area contributed by atoms with E-state index >= 15 is 0 Å². The summed E-state index contributed by atoms with van der Waals surface area (Å²) in [5.41, 5.74) is 0.946. The molecule has 2 rings (SSSR count). The van der Waals surface area contributed by atoms with Crippen LogP contribution >= 0.6 is 39.1 Å². The number of carbonyl (C=O) groups is 1. The second-order valence-corrected chi connectivity index (χ2v) is 6.68. The largest absolute Gasteiger partial charge is 0.493 e. The molecule has 0 aliphatic carbocycles. The highest BCUT2D eigenvalue weighted by atomic mass is 79.9. The molecule has 2 aromatic carbocycles. The van der Waals surface area contributed by atoms with Gasteiger partial charge in [-0.05, 0) is 42.8 Å². The number of hydrogen-bond donors (Lipinski definition) is 1. The second-order valence-electron chi connectivity index (χ2n) is 4.92. The Morgan fingerprint density at radius 2 is 2.00 bits per heavy atom. The fourth-order valence-electron chi connectivity index (χ4n) is 1.91. The Kier molecular flexibility index (Phi) is 6.75. The van der Waals surface area contributed by atoms with Gasteiger partial charge in [0.1, 0.15) is 5.75 Å². The minimum atomic E-state index is -0.290. The number of rotatable bonds is 6. The van der Waals surface area contributed by atoms with Crippen molar-refractivity contribution in [3.05, 3.63) is 56.5 Å². The van der Waals surface area contributed by atoms with Crippen LogP contribution in [0.5, 0.6) is 5.75 Å². The Hall–Kier alpha value is -1.23. The van der Waals surface area contributed by atoms with Crippen molar-refractivity contribution in [3.63, 3.8) is 0 Å². The Morgan fingerprint density at radius 3 is 2.70 bits per heavy atom. The first-order valence-electron chi connectivity index (χ1n) is 7.20. The van der Waals surface area contributed by atoms with E-state index in [1.165, 1.54) is 0 Å². The number of nitrogens with one attached hydrogen (secondary N) is 1. The molecule has 23 heavy (non-hydrogen) atoms. The molecule has 122 valence electrons. The molecule has 1 amide bonds. The van der Waals surface area contributed by atoms with Crippen LogP contribution in [-0.4, -0.2) is 12.5 Å². The van der Waals surface area contributed by atoms with E-state index in [0.717, 1.165) is 17.3 Å². The molecule has 0 unspecified atom stereocenters. The van der Waals surface area contributed by atoms with E-state index in [1.54, 1.807) is 30.3 Å². The minimum Gasteiger partial charge on any atom is -0.493 e. The van der Waals surface area contributed by atoms with Crippen LogP contribution < -0.4 is 10.1 Å². The van der Waals surface area contributed by atoms with Gasteiger partial charge in [0.2, 0.25) is 0 Å². The predicted molar refractivity (Wildman–Crippen MR) is 99.0 cm³/mol. The SMILES string of the molecule is CCCCOc1ccc(Br)cc1C(=O)Nc1ccc(Cl)cc1Cl. The summed E-state index contributed by atoms with van der Waals surface area (Å²) in [6.45, 7) is 2.65. The van der Waals surface area contributed by atoms with E-state index in [4.69, 9.17) is 27.9 Å². The highest BCUT2D eigenvalue weighted by Crippen LogP contribution is 2.28.